The van der Waals surface area contributed by atoms with E-state index in [-0.39, 0.29) is 10.7 Å². The summed E-state index contributed by atoms with van der Waals surface area (Å²) < 4.78 is 2.00. The highest BCUT2D eigenvalue weighted by Crippen LogP contribution is 2.33. The number of allylic oxidation sites excluding steroid dienone is 1. The zero-order valence-electron chi connectivity index (χ0n) is 9.79. The van der Waals surface area contributed by atoms with Gasteiger partial charge in [0.2, 0.25) is 5.91 Å². The standard InChI is InChI=1S/C13H12Br3NO/c1-2-17-12(6-5-10(15)13(17)18)9-4-3-8(14)7-11(9)16/h3-4,6-7,10H,2,5H2,1H3. The molecule has 0 bridgehead atoms. The van der Waals surface area contributed by atoms with Gasteiger partial charge in [-0.2, -0.15) is 0 Å². The fourth-order valence-electron chi connectivity index (χ4n) is 1.99. The molecule has 18 heavy (non-hydrogen) atoms. The van der Waals surface area contributed by atoms with Crippen LogP contribution in [-0.4, -0.2) is 22.2 Å². The molecule has 2 nitrogen and oxygen atoms in total. The third kappa shape index (κ3) is 2.73. The van der Waals surface area contributed by atoms with Crippen LogP contribution >= 0.6 is 47.8 Å². The summed E-state index contributed by atoms with van der Waals surface area (Å²) in [7, 11) is 0. The SMILES string of the molecule is CCN1C(=O)C(Br)CC=C1c1ccc(Br)cc1Br. The van der Waals surface area contributed by atoms with Gasteiger partial charge in [0.1, 0.15) is 0 Å². The Morgan fingerprint density at radius 2 is 2.11 bits per heavy atom. The summed E-state index contributed by atoms with van der Waals surface area (Å²) in [6, 6.07) is 6.00. The molecule has 0 N–H and O–H groups in total. The molecule has 0 spiro atoms. The van der Waals surface area contributed by atoms with Gasteiger partial charge >= 0.3 is 0 Å². The van der Waals surface area contributed by atoms with E-state index in [0.29, 0.717) is 6.54 Å². The second-order valence-electron chi connectivity index (χ2n) is 4.00. The monoisotopic (exact) mass is 435 g/mol. The fourth-order valence-corrected chi connectivity index (χ4v) is 3.68. The third-order valence-electron chi connectivity index (χ3n) is 2.87. The lowest BCUT2D eigenvalue weighted by Gasteiger charge is -2.30. The van der Waals surface area contributed by atoms with Gasteiger partial charge in [-0.15, -0.1) is 0 Å². The van der Waals surface area contributed by atoms with E-state index in [1.54, 1.807) is 0 Å². The minimum absolute atomic E-state index is 0.101. The average Bonchev–Trinajstić information content (AvgIpc) is 2.33. The van der Waals surface area contributed by atoms with E-state index in [9.17, 15) is 4.79 Å². The van der Waals surface area contributed by atoms with Crippen molar-refractivity contribution in [2.75, 3.05) is 6.54 Å². The minimum atomic E-state index is -0.101. The van der Waals surface area contributed by atoms with Gasteiger partial charge in [-0.05, 0) is 25.5 Å². The highest BCUT2D eigenvalue weighted by molar-refractivity contribution is 9.11. The molecule has 1 unspecified atom stereocenters. The van der Waals surface area contributed by atoms with Crippen LogP contribution in [0.3, 0.4) is 0 Å². The molecule has 0 aliphatic carbocycles. The fraction of sp³-hybridized carbons (Fsp3) is 0.308. The molecule has 0 fully saturated rings. The lowest BCUT2D eigenvalue weighted by molar-refractivity contribution is -0.127. The normalized spacial score (nSPS) is 20.0. The first-order valence-corrected chi connectivity index (χ1v) is 8.15. The van der Waals surface area contributed by atoms with Crippen molar-refractivity contribution < 1.29 is 4.79 Å². The van der Waals surface area contributed by atoms with Crippen molar-refractivity contribution in [3.8, 4) is 0 Å². The number of halogens is 3. The summed E-state index contributed by atoms with van der Waals surface area (Å²) in [5.74, 6) is 0.129. The quantitative estimate of drug-likeness (QED) is 0.621. The van der Waals surface area contributed by atoms with Gasteiger partial charge in [0, 0.05) is 26.8 Å². The number of hydrogen-bond acceptors (Lipinski definition) is 1. The average molecular weight is 438 g/mol. The molecular formula is C13H12Br3NO. The topological polar surface area (TPSA) is 20.3 Å². The number of nitrogens with zero attached hydrogens (tertiary/aromatic N) is 1. The third-order valence-corrected chi connectivity index (χ3v) is 4.78. The summed E-state index contributed by atoms with van der Waals surface area (Å²) in [5, 5.41) is 0. The van der Waals surface area contributed by atoms with Crippen molar-refractivity contribution in [1.82, 2.24) is 4.90 Å². The Labute approximate surface area is 132 Å². The van der Waals surface area contributed by atoms with Crippen molar-refractivity contribution in [3.05, 3.63) is 38.8 Å². The maximum Gasteiger partial charge on any atom is 0.241 e. The van der Waals surface area contributed by atoms with E-state index in [0.717, 1.165) is 26.6 Å². The first kappa shape index (κ1) is 14.3. The van der Waals surface area contributed by atoms with E-state index < -0.39 is 0 Å². The van der Waals surface area contributed by atoms with Crippen LogP contribution in [0.5, 0.6) is 0 Å². The molecule has 1 amide bonds. The molecule has 1 aliphatic rings. The minimum Gasteiger partial charge on any atom is -0.311 e. The molecule has 5 heteroatoms. The van der Waals surface area contributed by atoms with Crippen LogP contribution in [0.4, 0.5) is 0 Å². The van der Waals surface area contributed by atoms with Gasteiger partial charge < -0.3 is 4.90 Å². The predicted octanol–water partition coefficient (Wildman–Crippen LogP) is 4.57. The lowest BCUT2D eigenvalue weighted by atomic mass is 10.0. The van der Waals surface area contributed by atoms with Crippen LogP contribution in [0.1, 0.15) is 18.9 Å². The summed E-state index contributed by atoms with van der Waals surface area (Å²) in [6.07, 6.45) is 2.84. The van der Waals surface area contributed by atoms with E-state index in [4.69, 9.17) is 0 Å². The highest BCUT2D eigenvalue weighted by atomic mass is 79.9. The van der Waals surface area contributed by atoms with Gasteiger partial charge in [-0.25, -0.2) is 0 Å². The van der Waals surface area contributed by atoms with E-state index >= 15 is 0 Å². The molecule has 0 radical (unpaired) electrons. The van der Waals surface area contributed by atoms with Gasteiger partial charge in [0.25, 0.3) is 0 Å². The molecule has 1 aromatic carbocycles. The van der Waals surface area contributed by atoms with Crippen molar-refractivity contribution in [2.24, 2.45) is 0 Å². The van der Waals surface area contributed by atoms with E-state index in [1.807, 2.05) is 30.0 Å². The molecule has 0 aromatic heterocycles. The number of amides is 1. The first-order valence-electron chi connectivity index (χ1n) is 5.65. The molecular weight excluding hydrogens is 426 g/mol. The summed E-state index contributed by atoms with van der Waals surface area (Å²) >= 11 is 10.4. The Hall–Kier alpha value is -0.130. The molecule has 96 valence electrons. The Bertz CT molecular complexity index is 513. The van der Waals surface area contributed by atoms with Gasteiger partial charge in [0.15, 0.2) is 0 Å². The summed E-state index contributed by atoms with van der Waals surface area (Å²) in [5.41, 5.74) is 2.03. The number of benzene rings is 1. The highest BCUT2D eigenvalue weighted by Gasteiger charge is 2.28. The summed E-state index contributed by atoms with van der Waals surface area (Å²) in [4.78, 5) is 13.8. The largest absolute Gasteiger partial charge is 0.311 e. The molecule has 1 atom stereocenters. The maximum absolute atomic E-state index is 12.1. The number of hydrogen-bond donors (Lipinski definition) is 0. The van der Waals surface area contributed by atoms with Gasteiger partial charge in [0.05, 0.1) is 4.83 Å². The van der Waals surface area contributed by atoms with Crippen molar-refractivity contribution in [3.63, 3.8) is 0 Å². The molecule has 1 aliphatic heterocycles. The number of carbonyl (C=O) groups is 1. The van der Waals surface area contributed by atoms with Gasteiger partial charge in [-0.1, -0.05) is 59.9 Å². The molecule has 0 saturated carbocycles. The van der Waals surface area contributed by atoms with Crippen molar-refractivity contribution in [2.45, 2.75) is 18.2 Å². The first-order chi connectivity index (χ1) is 8.54. The second kappa shape index (κ2) is 5.88. The van der Waals surface area contributed by atoms with Crippen LogP contribution in [0.15, 0.2) is 33.2 Å². The Morgan fingerprint density at radius 1 is 1.39 bits per heavy atom. The Balaban J connectivity index is 2.45. The Kier molecular flexibility index (Phi) is 4.67. The number of alkyl halides is 1. The molecule has 1 heterocycles. The van der Waals surface area contributed by atoms with Gasteiger partial charge in [-0.3, -0.25) is 4.79 Å². The number of carbonyl (C=O) groups excluding carboxylic acids is 1. The number of rotatable bonds is 2. The van der Waals surface area contributed by atoms with Crippen LogP contribution in [0, 0.1) is 0 Å². The van der Waals surface area contributed by atoms with Crippen molar-refractivity contribution >= 4 is 59.4 Å². The zero-order chi connectivity index (χ0) is 13.3. The smallest absolute Gasteiger partial charge is 0.241 e. The summed E-state index contributed by atoms with van der Waals surface area (Å²) in [6.45, 7) is 2.67. The molecule has 2 rings (SSSR count). The van der Waals surface area contributed by atoms with Crippen molar-refractivity contribution in [1.29, 1.82) is 0 Å². The van der Waals surface area contributed by atoms with E-state index in [1.165, 1.54) is 0 Å². The van der Waals surface area contributed by atoms with Crippen LogP contribution in [0.2, 0.25) is 0 Å². The Morgan fingerprint density at radius 3 is 2.72 bits per heavy atom. The van der Waals surface area contributed by atoms with Crippen LogP contribution < -0.4 is 0 Å². The predicted molar refractivity (Wildman–Crippen MR) is 84.5 cm³/mol. The van der Waals surface area contributed by atoms with E-state index in [2.05, 4.69) is 53.9 Å². The lowest BCUT2D eigenvalue weighted by Crippen LogP contribution is -2.38. The zero-order valence-corrected chi connectivity index (χ0v) is 14.5. The van der Waals surface area contributed by atoms with Crippen LogP contribution in [0.25, 0.3) is 5.70 Å². The molecule has 0 saturated heterocycles. The van der Waals surface area contributed by atoms with Crippen LogP contribution in [-0.2, 0) is 4.79 Å². The molecule has 1 aromatic rings. The second-order valence-corrected chi connectivity index (χ2v) is 6.87. The maximum atomic E-state index is 12.1.